The van der Waals surface area contributed by atoms with Gasteiger partial charge in [0.1, 0.15) is 0 Å². The summed E-state index contributed by atoms with van der Waals surface area (Å²) >= 11 is 0. The van der Waals surface area contributed by atoms with Crippen LogP contribution >= 0.6 is 0 Å². The molecule has 0 aromatic carbocycles. The fourth-order valence-electron chi connectivity index (χ4n) is 3.61. The van der Waals surface area contributed by atoms with Gasteiger partial charge in [-0.1, -0.05) is 13.8 Å². The molecule has 2 aliphatic rings. The van der Waals surface area contributed by atoms with Gasteiger partial charge in [0.2, 0.25) is 0 Å². The minimum Gasteiger partial charge on any atom is -0.380 e. The number of nitrogens with one attached hydrogen (secondary N) is 1. The lowest BCUT2D eigenvalue weighted by molar-refractivity contribution is -0.0159. The Kier molecular flexibility index (Phi) is 6.11. The molecule has 0 spiro atoms. The minimum absolute atomic E-state index is 0.568. The van der Waals surface area contributed by atoms with Gasteiger partial charge in [0.15, 0.2) is 0 Å². The van der Waals surface area contributed by atoms with Crippen LogP contribution in [0.3, 0.4) is 0 Å². The van der Waals surface area contributed by atoms with Crippen molar-refractivity contribution in [3.8, 4) is 0 Å². The van der Waals surface area contributed by atoms with Crippen molar-refractivity contribution in [1.82, 2.24) is 10.2 Å². The Labute approximate surface area is 119 Å². The van der Waals surface area contributed by atoms with Crippen LogP contribution in [0, 0.1) is 5.92 Å². The number of hydrogen-bond donors (Lipinski definition) is 1. The van der Waals surface area contributed by atoms with Crippen molar-refractivity contribution in [1.29, 1.82) is 0 Å². The summed E-state index contributed by atoms with van der Waals surface area (Å²) in [6.45, 7) is 7.60. The first-order valence-corrected chi connectivity index (χ1v) is 8.25. The van der Waals surface area contributed by atoms with Crippen LogP contribution in [-0.4, -0.2) is 49.8 Å². The summed E-state index contributed by atoms with van der Waals surface area (Å²) in [6, 6.07) is 1.96. The molecule has 2 fully saturated rings. The van der Waals surface area contributed by atoms with Crippen LogP contribution < -0.4 is 5.32 Å². The maximum Gasteiger partial charge on any atom is 0.0637 e. The largest absolute Gasteiger partial charge is 0.380 e. The molecule has 1 heterocycles. The highest BCUT2D eigenvalue weighted by Gasteiger charge is 2.33. The second kappa shape index (κ2) is 7.61. The summed E-state index contributed by atoms with van der Waals surface area (Å²) in [5.74, 6) is 0.932. The fraction of sp³-hybridized carbons (Fsp3) is 1.00. The Balaban J connectivity index is 1.89. The normalized spacial score (nSPS) is 36.6. The zero-order valence-electron chi connectivity index (χ0n) is 13.0. The quantitative estimate of drug-likeness (QED) is 0.829. The van der Waals surface area contributed by atoms with Crippen molar-refractivity contribution in [2.45, 2.75) is 70.5 Å². The van der Waals surface area contributed by atoms with Crippen LogP contribution in [0.5, 0.6) is 0 Å². The molecule has 3 heteroatoms. The number of hydrogen-bond acceptors (Lipinski definition) is 3. The average Bonchev–Trinajstić information content (AvgIpc) is 2.45. The summed E-state index contributed by atoms with van der Waals surface area (Å²) < 4.78 is 5.74. The molecule has 1 saturated heterocycles. The Hall–Kier alpha value is -0.120. The molecule has 1 N–H and O–H groups in total. The molecule has 1 aliphatic heterocycles. The van der Waals surface area contributed by atoms with Crippen molar-refractivity contribution in [3.63, 3.8) is 0 Å². The number of ether oxygens (including phenoxy) is 1. The lowest BCUT2D eigenvalue weighted by atomic mass is 9.85. The summed E-state index contributed by atoms with van der Waals surface area (Å²) in [7, 11) is 2.32. The molecule has 112 valence electrons. The first-order valence-electron chi connectivity index (χ1n) is 8.25. The van der Waals surface area contributed by atoms with Crippen LogP contribution in [0.4, 0.5) is 0 Å². The summed E-state index contributed by atoms with van der Waals surface area (Å²) in [5.41, 5.74) is 0. The van der Waals surface area contributed by atoms with Gasteiger partial charge in [0.05, 0.1) is 6.61 Å². The van der Waals surface area contributed by atoms with Gasteiger partial charge in [-0.2, -0.15) is 0 Å². The molecular formula is C16H32N2O. The molecule has 3 nitrogen and oxygen atoms in total. The molecule has 0 amide bonds. The molecule has 0 bridgehead atoms. The molecule has 0 aromatic heterocycles. The summed E-state index contributed by atoms with van der Waals surface area (Å²) in [4.78, 5) is 2.62. The monoisotopic (exact) mass is 268 g/mol. The van der Waals surface area contributed by atoms with E-state index < -0.39 is 0 Å². The van der Waals surface area contributed by atoms with E-state index in [4.69, 9.17) is 4.74 Å². The molecule has 0 radical (unpaired) electrons. The standard InChI is InChI=1S/C16H32N2O/c1-4-10-17-15-9-11-19-12-16(15)18(3)14-7-5-13(2)6-8-14/h13-17H,4-12H2,1-3H3. The van der Waals surface area contributed by atoms with E-state index in [0.717, 1.165) is 38.1 Å². The topological polar surface area (TPSA) is 24.5 Å². The number of rotatable bonds is 5. The van der Waals surface area contributed by atoms with Gasteiger partial charge in [-0.05, 0) is 58.0 Å². The van der Waals surface area contributed by atoms with Gasteiger partial charge >= 0.3 is 0 Å². The van der Waals surface area contributed by atoms with Crippen molar-refractivity contribution in [3.05, 3.63) is 0 Å². The van der Waals surface area contributed by atoms with E-state index in [1.807, 2.05) is 0 Å². The molecule has 2 rings (SSSR count). The SMILES string of the molecule is CCCNC1CCOCC1N(C)C1CCC(C)CC1. The third kappa shape index (κ3) is 4.17. The molecular weight excluding hydrogens is 236 g/mol. The van der Waals surface area contributed by atoms with Crippen LogP contribution in [0.15, 0.2) is 0 Å². The van der Waals surface area contributed by atoms with Gasteiger partial charge < -0.3 is 10.1 Å². The Morgan fingerprint density at radius 3 is 2.58 bits per heavy atom. The van der Waals surface area contributed by atoms with E-state index >= 15 is 0 Å². The van der Waals surface area contributed by atoms with Crippen molar-refractivity contribution < 1.29 is 4.74 Å². The van der Waals surface area contributed by atoms with Crippen LogP contribution in [0.25, 0.3) is 0 Å². The van der Waals surface area contributed by atoms with Crippen LogP contribution in [-0.2, 0) is 4.74 Å². The van der Waals surface area contributed by atoms with E-state index in [1.165, 1.54) is 32.1 Å². The highest BCUT2D eigenvalue weighted by molar-refractivity contribution is 4.90. The van der Waals surface area contributed by atoms with E-state index in [1.54, 1.807) is 0 Å². The van der Waals surface area contributed by atoms with Crippen molar-refractivity contribution in [2.24, 2.45) is 5.92 Å². The third-order valence-corrected chi connectivity index (χ3v) is 5.07. The van der Waals surface area contributed by atoms with Gasteiger partial charge in [0, 0.05) is 24.7 Å². The van der Waals surface area contributed by atoms with Gasteiger partial charge in [0.25, 0.3) is 0 Å². The first-order chi connectivity index (χ1) is 9.22. The Morgan fingerprint density at radius 1 is 1.16 bits per heavy atom. The van der Waals surface area contributed by atoms with Gasteiger partial charge in [-0.15, -0.1) is 0 Å². The van der Waals surface area contributed by atoms with E-state index in [-0.39, 0.29) is 0 Å². The molecule has 19 heavy (non-hydrogen) atoms. The molecule has 2 unspecified atom stereocenters. The smallest absolute Gasteiger partial charge is 0.0637 e. The Morgan fingerprint density at radius 2 is 1.89 bits per heavy atom. The first kappa shape index (κ1) is 15.3. The second-order valence-corrected chi connectivity index (χ2v) is 6.57. The zero-order valence-corrected chi connectivity index (χ0v) is 13.0. The summed E-state index contributed by atoms with van der Waals surface area (Å²) in [6.07, 6.45) is 7.92. The van der Waals surface area contributed by atoms with E-state index in [0.29, 0.717) is 12.1 Å². The zero-order chi connectivity index (χ0) is 13.7. The maximum atomic E-state index is 5.74. The lowest BCUT2D eigenvalue weighted by Gasteiger charge is -2.44. The van der Waals surface area contributed by atoms with E-state index in [2.05, 4.69) is 31.1 Å². The predicted molar refractivity (Wildman–Crippen MR) is 80.5 cm³/mol. The highest BCUT2D eigenvalue weighted by atomic mass is 16.5. The fourth-order valence-corrected chi connectivity index (χ4v) is 3.61. The molecule has 0 aromatic rings. The van der Waals surface area contributed by atoms with Crippen molar-refractivity contribution >= 4 is 0 Å². The maximum absolute atomic E-state index is 5.74. The molecule has 1 saturated carbocycles. The number of nitrogens with zero attached hydrogens (tertiary/aromatic N) is 1. The average molecular weight is 268 g/mol. The number of likely N-dealkylation sites (N-methyl/N-ethyl adjacent to an activating group) is 1. The summed E-state index contributed by atoms with van der Waals surface area (Å²) in [5, 5.41) is 3.73. The molecule has 1 aliphatic carbocycles. The van der Waals surface area contributed by atoms with Gasteiger partial charge in [-0.25, -0.2) is 0 Å². The lowest BCUT2D eigenvalue weighted by Crippen LogP contribution is -2.57. The minimum atomic E-state index is 0.568. The van der Waals surface area contributed by atoms with Crippen LogP contribution in [0.1, 0.15) is 52.4 Å². The second-order valence-electron chi connectivity index (χ2n) is 6.57. The highest BCUT2D eigenvalue weighted by Crippen LogP contribution is 2.28. The third-order valence-electron chi connectivity index (χ3n) is 5.07. The van der Waals surface area contributed by atoms with Crippen molar-refractivity contribution in [2.75, 3.05) is 26.8 Å². The Bertz CT molecular complexity index is 251. The predicted octanol–water partition coefficient (Wildman–Crippen LogP) is 2.65. The molecule has 2 atom stereocenters. The van der Waals surface area contributed by atoms with Gasteiger partial charge in [-0.3, -0.25) is 4.90 Å². The van der Waals surface area contributed by atoms with Crippen LogP contribution in [0.2, 0.25) is 0 Å². The van der Waals surface area contributed by atoms with E-state index in [9.17, 15) is 0 Å².